The number of benzene rings is 1. The Morgan fingerprint density at radius 3 is 2.71 bits per heavy atom. The van der Waals surface area contributed by atoms with Crippen LogP contribution in [0.2, 0.25) is 0 Å². The minimum atomic E-state index is -3.02. The molecule has 1 aromatic carbocycles. The van der Waals surface area contributed by atoms with Gasteiger partial charge in [-0.1, -0.05) is 36.8 Å². The molecule has 0 aromatic heterocycles. The largest absolute Gasteiger partial charge is 0.301 e. The summed E-state index contributed by atoms with van der Waals surface area (Å²) in [5, 5.41) is 0.657. The van der Waals surface area contributed by atoms with Crippen molar-refractivity contribution in [1.82, 2.24) is 4.90 Å². The molecule has 0 amide bonds. The second-order valence-electron chi connectivity index (χ2n) is 5.73. The fourth-order valence-corrected chi connectivity index (χ4v) is 4.89. The minimum absolute atomic E-state index is 0.160. The van der Waals surface area contributed by atoms with Gasteiger partial charge in [0.2, 0.25) is 0 Å². The molecule has 2 rings (SSSR count). The van der Waals surface area contributed by atoms with Gasteiger partial charge in [-0.05, 0) is 31.2 Å². The highest BCUT2D eigenvalue weighted by molar-refractivity contribution is 7.99. The Kier molecular flexibility index (Phi) is 6.58. The molecular weight excluding hydrogens is 302 g/mol. The van der Waals surface area contributed by atoms with Crippen molar-refractivity contribution in [1.29, 1.82) is 0 Å². The van der Waals surface area contributed by atoms with Crippen LogP contribution in [0.25, 0.3) is 0 Å². The quantitative estimate of drug-likeness (QED) is 0.805. The third-order valence-electron chi connectivity index (χ3n) is 3.99. The van der Waals surface area contributed by atoms with Crippen LogP contribution in [0.4, 0.5) is 0 Å². The molecule has 5 heteroatoms. The van der Waals surface area contributed by atoms with Gasteiger partial charge in [0.1, 0.15) is 0 Å². The van der Waals surface area contributed by atoms with Crippen LogP contribution in [0.3, 0.4) is 0 Å². The zero-order chi connectivity index (χ0) is 15.1. The number of likely N-dealkylation sites (tertiary alicyclic amines) is 1. The second kappa shape index (κ2) is 8.20. The number of thioether (sulfide) groups is 1. The third kappa shape index (κ3) is 6.01. The summed E-state index contributed by atoms with van der Waals surface area (Å²) in [5.74, 6) is 0.427. The van der Waals surface area contributed by atoms with Crippen LogP contribution in [0.5, 0.6) is 0 Å². The summed E-state index contributed by atoms with van der Waals surface area (Å²) in [5.41, 5.74) is 0.885. The van der Waals surface area contributed by atoms with Crippen molar-refractivity contribution in [3.63, 3.8) is 0 Å². The summed E-state index contributed by atoms with van der Waals surface area (Å²) >= 11 is 1.91. The predicted octanol–water partition coefficient (Wildman–Crippen LogP) is 2.82. The Balaban J connectivity index is 1.86. The first kappa shape index (κ1) is 16.8. The first-order valence-electron chi connectivity index (χ1n) is 7.58. The Morgan fingerprint density at radius 2 is 2.00 bits per heavy atom. The van der Waals surface area contributed by atoms with Crippen molar-refractivity contribution in [2.75, 3.05) is 31.6 Å². The van der Waals surface area contributed by atoms with Gasteiger partial charge in [0.05, 0.1) is 11.5 Å². The average Bonchev–Trinajstić information content (AvgIpc) is 2.71. The molecule has 0 aliphatic carbocycles. The van der Waals surface area contributed by atoms with Gasteiger partial charge in [-0.15, -0.1) is 0 Å². The Hall–Kier alpha value is -0.520. The summed E-state index contributed by atoms with van der Waals surface area (Å²) < 4.78 is 24.5. The minimum Gasteiger partial charge on any atom is -0.301 e. The summed E-state index contributed by atoms with van der Waals surface area (Å²) in [4.78, 5) is 2.33. The molecule has 1 aliphatic heterocycles. The summed E-state index contributed by atoms with van der Waals surface area (Å²) in [6.07, 6.45) is 5.86. The normalized spacial score (nSPS) is 21.1. The molecule has 3 nitrogen and oxygen atoms in total. The second-order valence-corrected chi connectivity index (χ2v) is 9.05. The summed E-state index contributed by atoms with van der Waals surface area (Å²) in [6.45, 7) is 2.74. The van der Waals surface area contributed by atoms with Crippen molar-refractivity contribution >= 4 is 21.6 Å². The van der Waals surface area contributed by atoms with Crippen LogP contribution >= 0.6 is 11.8 Å². The molecule has 1 fully saturated rings. The van der Waals surface area contributed by atoms with E-state index in [1.165, 1.54) is 19.3 Å². The molecule has 0 spiro atoms. The van der Waals surface area contributed by atoms with Crippen LogP contribution < -0.4 is 0 Å². The number of hydrogen-bond acceptors (Lipinski definition) is 4. The van der Waals surface area contributed by atoms with E-state index in [0.717, 1.165) is 18.7 Å². The monoisotopic (exact) mass is 327 g/mol. The van der Waals surface area contributed by atoms with Crippen molar-refractivity contribution in [2.24, 2.45) is 0 Å². The zero-order valence-electron chi connectivity index (χ0n) is 12.7. The van der Waals surface area contributed by atoms with Gasteiger partial charge in [-0.25, -0.2) is 8.42 Å². The van der Waals surface area contributed by atoms with E-state index in [1.807, 2.05) is 42.1 Å². The summed E-state index contributed by atoms with van der Waals surface area (Å²) in [6, 6.07) is 9.46. The summed E-state index contributed by atoms with van der Waals surface area (Å²) in [7, 11) is -3.02. The van der Waals surface area contributed by atoms with E-state index in [4.69, 9.17) is 0 Å². The van der Waals surface area contributed by atoms with E-state index in [0.29, 0.717) is 11.8 Å². The number of nitrogens with zero attached hydrogens (tertiary/aromatic N) is 1. The van der Waals surface area contributed by atoms with Crippen LogP contribution in [0, 0.1) is 0 Å². The van der Waals surface area contributed by atoms with Crippen molar-refractivity contribution < 1.29 is 8.42 Å². The molecule has 1 unspecified atom stereocenters. The van der Waals surface area contributed by atoms with E-state index in [-0.39, 0.29) is 11.5 Å². The molecule has 1 aliphatic rings. The van der Waals surface area contributed by atoms with Gasteiger partial charge in [0, 0.05) is 18.3 Å². The zero-order valence-corrected chi connectivity index (χ0v) is 14.3. The van der Waals surface area contributed by atoms with Crippen molar-refractivity contribution in [3.8, 4) is 0 Å². The number of sulfone groups is 1. The van der Waals surface area contributed by atoms with Gasteiger partial charge in [-0.3, -0.25) is 0 Å². The molecule has 21 heavy (non-hydrogen) atoms. The lowest BCUT2D eigenvalue weighted by molar-refractivity contribution is 0.304. The fraction of sp³-hybridized carbons (Fsp3) is 0.625. The highest BCUT2D eigenvalue weighted by atomic mass is 32.2. The number of rotatable bonds is 6. The van der Waals surface area contributed by atoms with Gasteiger partial charge < -0.3 is 4.90 Å². The average molecular weight is 328 g/mol. The highest BCUT2D eigenvalue weighted by Crippen LogP contribution is 2.20. The maximum absolute atomic E-state index is 12.2. The van der Waals surface area contributed by atoms with E-state index in [2.05, 4.69) is 11.2 Å². The van der Waals surface area contributed by atoms with Crippen molar-refractivity contribution in [3.05, 3.63) is 35.9 Å². The van der Waals surface area contributed by atoms with Gasteiger partial charge in [-0.2, -0.15) is 11.8 Å². The third-order valence-corrected chi connectivity index (χ3v) is 6.62. The molecule has 1 saturated heterocycles. The van der Waals surface area contributed by atoms with Crippen LogP contribution in [-0.4, -0.2) is 50.2 Å². The molecule has 0 bridgehead atoms. The maximum Gasteiger partial charge on any atom is 0.155 e. The highest BCUT2D eigenvalue weighted by Gasteiger charge is 2.19. The Labute approximate surface area is 133 Å². The number of hydrogen-bond donors (Lipinski definition) is 0. The predicted molar refractivity (Wildman–Crippen MR) is 91.5 cm³/mol. The molecule has 0 N–H and O–H groups in total. The molecule has 1 aromatic rings. The molecule has 1 atom stereocenters. The first-order chi connectivity index (χ1) is 10.1. The molecule has 0 radical (unpaired) electrons. The Morgan fingerprint density at radius 1 is 1.24 bits per heavy atom. The van der Waals surface area contributed by atoms with E-state index in [1.54, 1.807) is 0 Å². The lowest BCUT2D eigenvalue weighted by Gasteiger charge is -2.23. The maximum atomic E-state index is 12.2. The van der Waals surface area contributed by atoms with Crippen LogP contribution in [0.15, 0.2) is 30.3 Å². The van der Waals surface area contributed by atoms with E-state index in [9.17, 15) is 8.42 Å². The molecular formula is C16H25NO2S2. The van der Waals surface area contributed by atoms with Crippen molar-refractivity contribution in [2.45, 2.75) is 30.3 Å². The standard InChI is InChI=1S/C16H25NO2S2/c1-20-16-9-5-6-10-17(13-16)11-12-21(18,19)14-15-7-3-2-4-8-15/h2-4,7-8,16H,5-6,9-14H2,1H3. The smallest absolute Gasteiger partial charge is 0.155 e. The van der Waals surface area contributed by atoms with E-state index >= 15 is 0 Å². The first-order valence-corrected chi connectivity index (χ1v) is 10.7. The van der Waals surface area contributed by atoms with Crippen LogP contribution in [0.1, 0.15) is 24.8 Å². The SMILES string of the molecule is CSC1CCCCN(CCS(=O)(=O)Cc2ccccc2)C1. The molecule has 118 valence electrons. The van der Waals surface area contributed by atoms with Crippen LogP contribution in [-0.2, 0) is 15.6 Å². The van der Waals surface area contributed by atoms with E-state index < -0.39 is 9.84 Å². The lowest BCUT2D eigenvalue weighted by Crippen LogP contribution is -2.34. The van der Waals surface area contributed by atoms with Gasteiger partial charge >= 0.3 is 0 Å². The Bertz CT molecular complexity index is 516. The van der Waals surface area contributed by atoms with Gasteiger partial charge in [0.25, 0.3) is 0 Å². The molecule has 1 heterocycles. The lowest BCUT2D eigenvalue weighted by atomic mass is 10.2. The fourth-order valence-electron chi connectivity index (χ4n) is 2.74. The topological polar surface area (TPSA) is 37.4 Å². The molecule has 0 saturated carbocycles. The van der Waals surface area contributed by atoms with Gasteiger partial charge in [0.15, 0.2) is 9.84 Å².